The van der Waals surface area contributed by atoms with Gasteiger partial charge in [0.2, 0.25) is 17.8 Å². The Hall–Kier alpha value is -4.74. The third-order valence-corrected chi connectivity index (χ3v) is 4.97. The largest absolute Gasteiger partial charge is 0.497 e. The number of fused-ring (bicyclic) bond motifs is 1. The number of hydrogen-bond acceptors (Lipinski definition) is 8. The van der Waals surface area contributed by atoms with Crippen molar-refractivity contribution >= 4 is 40.6 Å². The van der Waals surface area contributed by atoms with Crippen molar-refractivity contribution in [3.8, 4) is 5.75 Å². The van der Waals surface area contributed by atoms with Gasteiger partial charge in [0, 0.05) is 29.9 Å². The smallest absolute Gasteiger partial charge is 0.269 e. The molecule has 0 saturated carbocycles. The van der Waals surface area contributed by atoms with Crippen LogP contribution in [0.3, 0.4) is 0 Å². The van der Waals surface area contributed by atoms with Crippen molar-refractivity contribution < 1.29 is 19.2 Å². The van der Waals surface area contributed by atoms with Crippen LogP contribution in [-0.4, -0.2) is 33.8 Å². The zero-order chi connectivity index (χ0) is 23.5. The van der Waals surface area contributed by atoms with E-state index in [1.54, 1.807) is 31.4 Å². The van der Waals surface area contributed by atoms with Gasteiger partial charge in [0.25, 0.3) is 11.2 Å². The number of nitro benzene ring substituents is 1. The lowest BCUT2D eigenvalue weighted by Crippen LogP contribution is -2.36. The normalized spacial score (nSPS) is 14.6. The Kier molecular flexibility index (Phi) is 5.72. The molecule has 2 amide bonds. The van der Waals surface area contributed by atoms with Gasteiger partial charge in [-0.15, -0.1) is 0 Å². The van der Waals surface area contributed by atoms with Gasteiger partial charge in [-0.25, -0.2) is 0 Å². The van der Waals surface area contributed by atoms with E-state index in [1.807, 2.05) is 0 Å². The number of aromatic amines is 1. The molecule has 0 fully saturated rings. The van der Waals surface area contributed by atoms with Crippen LogP contribution in [0.1, 0.15) is 17.9 Å². The van der Waals surface area contributed by atoms with Crippen LogP contribution in [0, 0.1) is 10.1 Å². The summed E-state index contributed by atoms with van der Waals surface area (Å²) in [6, 6.07) is 12.1. The molecular weight excluding hydrogens is 432 g/mol. The summed E-state index contributed by atoms with van der Waals surface area (Å²) in [6.07, 6.45) is -0.248. The molecule has 1 aromatic heterocycles. The molecule has 3 aromatic rings. The first-order valence-corrected chi connectivity index (χ1v) is 9.74. The number of ether oxygens (including phenoxy) is 1. The quantitative estimate of drug-likeness (QED) is 0.328. The van der Waals surface area contributed by atoms with Gasteiger partial charge in [-0.1, -0.05) is 0 Å². The number of rotatable bonds is 6. The predicted molar refractivity (Wildman–Crippen MR) is 119 cm³/mol. The maximum atomic E-state index is 12.9. The highest BCUT2D eigenvalue weighted by molar-refractivity contribution is 6.04. The Bertz CT molecular complexity index is 1290. The predicted octanol–water partition coefficient (Wildman–Crippen LogP) is 2.49. The molecule has 12 heteroatoms. The van der Waals surface area contributed by atoms with Crippen LogP contribution in [0.2, 0.25) is 0 Å². The number of amides is 2. The average Bonchev–Trinajstić information content (AvgIpc) is 2.79. The molecule has 4 rings (SSSR count). The summed E-state index contributed by atoms with van der Waals surface area (Å²) in [5.74, 6) is -1.45. The number of benzene rings is 2. The van der Waals surface area contributed by atoms with Crippen LogP contribution < -0.4 is 26.2 Å². The summed E-state index contributed by atoms with van der Waals surface area (Å²) in [6.45, 7) is 0. The highest BCUT2D eigenvalue weighted by Crippen LogP contribution is 2.30. The van der Waals surface area contributed by atoms with Crippen LogP contribution in [0.25, 0.3) is 0 Å². The van der Waals surface area contributed by atoms with Gasteiger partial charge in [0.05, 0.1) is 23.5 Å². The number of non-ortho nitro benzene ring substituents is 1. The minimum absolute atomic E-state index is 0.0186. The van der Waals surface area contributed by atoms with Gasteiger partial charge in [-0.2, -0.15) is 4.98 Å². The van der Waals surface area contributed by atoms with Crippen molar-refractivity contribution in [1.82, 2.24) is 9.97 Å². The van der Waals surface area contributed by atoms with E-state index < -0.39 is 28.2 Å². The molecule has 4 N–H and O–H groups in total. The molecule has 1 aliphatic heterocycles. The zero-order valence-electron chi connectivity index (χ0n) is 17.2. The minimum Gasteiger partial charge on any atom is -0.497 e. The summed E-state index contributed by atoms with van der Waals surface area (Å²) < 4.78 is 5.10. The number of aromatic nitrogens is 2. The first kappa shape index (κ1) is 21.5. The number of H-pyrrole nitrogens is 1. The Morgan fingerprint density at radius 3 is 2.42 bits per heavy atom. The number of carbonyl (C=O) groups excluding carboxylic acids is 2. The monoisotopic (exact) mass is 450 g/mol. The van der Waals surface area contributed by atoms with E-state index >= 15 is 0 Å². The summed E-state index contributed by atoms with van der Waals surface area (Å²) in [4.78, 5) is 54.9. The lowest BCUT2D eigenvalue weighted by atomic mass is 9.92. The fourth-order valence-electron chi connectivity index (χ4n) is 3.36. The number of nitrogens with zero attached hydrogens (tertiary/aromatic N) is 2. The molecule has 1 aliphatic rings. The Balaban J connectivity index is 1.58. The lowest BCUT2D eigenvalue weighted by Gasteiger charge is -2.23. The molecule has 0 spiro atoms. The van der Waals surface area contributed by atoms with E-state index in [-0.39, 0.29) is 29.4 Å². The first-order chi connectivity index (χ1) is 15.8. The van der Waals surface area contributed by atoms with E-state index in [2.05, 4.69) is 25.9 Å². The van der Waals surface area contributed by atoms with Crippen LogP contribution in [-0.2, 0) is 9.59 Å². The van der Waals surface area contributed by atoms with Crippen LogP contribution in [0.15, 0.2) is 53.3 Å². The number of hydrogen-bond donors (Lipinski definition) is 4. The van der Waals surface area contributed by atoms with Crippen molar-refractivity contribution in [3.63, 3.8) is 0 Å². The molecule has 33 heavy (non-hydrogen) atoms. The molecule has 2 heterocycles. The molecule has 2 aromatic carbocycles. The molecule has 168 valence electrons. The number of nitro groups is 1. The number of nitrogens with one attached hydrogen (secondary N) is 4. The SMILES string of the molecule is COc1ccc(Nc2nc3c(c(=O)[nH]2)[C@@H](C(=O)Nc2ccc([N+](=O)[O-])cc2)CC(=O)N3)cc1. The highest BCUT2D eigenvalue weighted by atomic mass is 16.6. The van der Waals surface area contributed by atoms with E-state index in [0.717, 1.165) is 0 Å². The van der Waals surface area contributed by atoms with Crippen molar-refractivity contribution in [3.05, 3.63) is 74.6 Å². The first-order valence-electron chi connectivity index (χ1n) is 9.74. The maximum Gasteiger partial charge on any atom is 0.269 e. The van der Waals surface area contributed by atoms with Crippen molar-refractivity contribution in [1.29, 1.82) is 0 Å². The van der Waals surface area contributed by atoms with Crippen molar-refractivity contribution in [2.45, 2.75) is 12.3 Å². The second-order valence-electron chi connectivity index (χ2n) is 7.13. The van der Waals surface area contributed by atoms with Crippen molar-refractivity contribution in [2.75, 3.05) is 23.1 Å². The number of anilines is 4. The fourth-order valence-corrected chi connectivity index (χ4v) is 3.36. The van der Waals surface area contributed by atoms with Gasteiger partial charge < -0.3 is 20.7 Å². The minimum atomic E-state index is -1.09. The van der Waals surface area contributed by atoms with Gasteiger partial charge in [-0.3, -0.25) is 29.5 Å². The van der Waals surface area contributed by atoms with Crippen LogP contribution in [0.5, 0.6) is 5.75 Å². The highest BCUT2D eigenvalue weighted by Gasteiger charge is 2.34. The van der Waals surface area contributed by atoms with E-state index in [0.29, 0.717) is 17.1 Å². The molecular formula is C21H18N6O6. The average molecular weight is 450 g/mol. The summed E-state index contributed by atoms with van der Waals surface area (Å²) in [5.41, 5.74) is 0.218. The van der Waals surface area contributed by atoms with Crippen LogP contribution >= 0.6 is 0 Å². The molecule has 12 nitrogen and oxygen atoms in total. The fraction of sp³-hybridized carbons (Fsp3) is 0.143. The molecule has 0 saturated heterocycles. The topological polar surface area (TPSA) is 168 Å². The van der Waals surface area contributed by atoms with Crippen LogP contribution in [0.4, 0.5) is 28.8 Å². The maximum absolute atomic E-state index is 12.9. The van der Waals surface area contributed by atoms with Gasteiger partial charge in [0.15, 0.2) is 0 Å². The molecule has 0 aliphatic carbocycles. The van der Waals surface area contributed by atoms with Crippen molar-refractivity contribution in [2.24, 2.45) is 0 Å². The van der Waals surface area contributed by atoms with E-state index in [4.69, 9.17) is 4.74 Å². The Labute approximate surface area is 186 Å². The van der Waals surface area contributed by atoms with Gasteiger partial charge in [-0.05, 0) is 36.4 Å². The molecule has 0 bridgehead atoms. The summed E-state index contributed by atoms with van der Waals surface area (Å²) >= 11 is 0. The number of methoxy groups -OCH3 is 1. The zero-order valence-corrected chi connectivity index (χ0v) is 17.2. The Morgan fingerprint density at radius 2 is 1.79 bits per heavy atom. The van der Waals surface area contributed by atoms with Gasteiger partial charge >= 0.3 is 0 Å². The Morgan fingerprint density at radius 1 is 1.12 bits per heavy atom. The number of carbonyl (C=O) groups is 2. The van der Waals surface area contributed by atoms with E-state index in [1.165, 1.54) is 24.3 Å². The third-order valence-electron chi connectivity index (χ3n) is 4.97. The molecule has 1 atom stereocenters. The van der Waals surface area contributed by atoms with Gasteiger partial charge in [0.1, 0.15) is 11.6 Å². The molecule has 0 unspecified atom stereocenters. The standard InChI is InChI=1S/C21H18N6O6/c1-33-14-8-4-12(5-9-14)23-21-25-18-17(20(30)26-21)15(10-16(28)24-18)19(29)22-11-2-6-13(7-3-11)27(31)32/h2-9,15H,10H2,1H3,(H,22,29)(H3,23,24,25,26,28,30)/t15-/m0/s1. The lowest BCUT2D eigenvalue weighted by molar-refractivity contribution is -0.384. The second kappa shape index (κ2) is 8.78. The molecule has 0 radical (unpaired) electrons. The second-order valence-corrected chi connectivity index (χ2v) is 7.13. The summed E-state index contributed by atoms with van der Waals surface area (Å²) in [7, 11) is 1.54. The summed E-state index contributed by atoms with van der Waals surface area (Å²) in [5, 5.41) is 18.8. The third kappa shape index (κ3) is 4.63. The van der Waals surface area contributed by atoms with E-state index in [9.17, 15) is 24.5 Å².